The van der Waals surface area contributed by atoms with Crippen LogP contribution in [0.2, 0.25) is 0 Å². The first kappa shape index (κ1) is 24.4. The summed E-state index contributed by atoms with van der Waals surface area (Å²) in [6.45, 7) is 6.68. The van der Waals surface area contributed by atoms with E-state index in [9.17, 15) is 9.59 Å². The van der Waals surface area contributed by atoms with Crippen LogP contribution >= 0.6 is 0 Å². The Bertz CT molecular complexity index is 1190. The molecule has 1 aliphatic carbocycles. The molecule has 1 aromatic heterocycles. The van der Waals surface area contributed by atoms with Gasteiger partial charge in [0.15, 0.2) is 5.78 Å². The van der Waals surface area contributed by atoms with Crippen molar-refractivity contribution >= 4 is 11.8 Å². The summed E-state index contributed by atoms with van der Waals surface area (Å²) in [4.78, 5) is 27.3. The molecule has 7 nitrogen and oxygen atoms in total. The van der Waals surface area contributed by atoms with E-state index < -0.39 is 11.9 Å². The number of Topliss-reactive ketones (excluding diaryl/α,β-unsaturated/α-hetero) is 1. The van der Waals surface area contributed by atoms with E-state index in [2.05, 4.69) is 5.32 Å². The number of ketones is 1. The van der Waals surface area contributed by atoms with Crippen LogP contribution in [0, 0.1) is 0 Å². The van der Waals surface area contributed by atoms with Crippen LogP contribution in [0.3, 0.4) is 0 Å². The predicted octanol–water partition coefficient (Wildman–Crippen LogP) is 5.15. The summed E-state index contributed by atoms with van der Waals surface area (Å²) >= 11 is 0. The van der Waals surface area contributed by atoms with Crippen molar-refractivity contribution in [3.8, 4) is 5.75 Å². The molecule has 7 heteroatoms. The second kappa shape index (κ2) is 10.3. The molecule has 1 saturated heterocycles. The van der Waals surface area contributed by atoms with Gasteiger partial charge in [-0.3, -0.25) is 4.79 Å². The molecule has 1 fully saturated rings. The van der Waals surface area contributed by atoms with Crippen LogP contribution in [0.5, 0.6) is 5.75 Å². The zero-order chi connectivity index (χ0) is 25.2. The molecule has 3 aliphatic rings. The summed E-state index contributed by atoms with van der Waals surface area (Å²) in [6.07, 6.45) is 4.26. The lowest BCUT2D eigenvalue weighted by Gasteiger charge is -2.36. The van der Waals surface area contributed by atoms with Crippen LogP contribution in [-0.4, -0.2) is 37.2 Å². The van der Waals surface area contributed by atoms with E-state index in [1.54, 1.807) is 6.26 Å². The Kier molecular flexibility index (Phi) is 7.01. The minimum Gasteiger partial charge on any atom is -0.491 e. The van der Waals surface area contributed by atoms with E-state index in [1.807, 2.05) is 57.2 Å². The van der Waals surface area contributed by atoms with Crippen molar-refractivity contribution in [2.75, 3.05) is 13.2 Å². The second-order valence-electron chi connectivity index (χ2n) is 9.97. The first-order chi connectivity index (χ1) is 17.4. The van der Waals surface area contributed by atoms with Gasteiger partial charge < -0.3 is 23.9 Å². The van der Waals surface area contributed by atoms with Gasteiger partial charge in [-0.2, -0.15) is 0 Å². The molecule has 0 unspecified atom stereocenters. The van der Waals surface area contributed by atoms with Crippen molar-refractivity contribution in [2.45, 2.75) is 70.5 Å². The minimum absolute atomic E-state index is 0.00794. The van der Waals surface area contributed by atoms with Gasteiger partial charge in [-0.15, -0.1) is 0 Å². The topological polar surface area (TPSA) is 87.0 Å². The molecule has 5 rings (SSSR count). The number of rotatable bonds is 7. The fraction of sp³-hybridized carbons (Fsp3) is 0.448. The maximum Gasteiger partial charge on any atom is 0.336 e. The Morgan fingerprint density at radius 1 is 1.17 bits per heavy atom. The molecule has 2 aromatic rings. The molecule has 1 N–H and O–H groups in total. The number of furan rings is 1. The monoisotopic (exact) mass is 491 g/mol. The van der Waals surface area contributed by atoms with E-state index in [0.717, 1.165) is 29.9 Å². The average molecular weight is 492 g/mol. The summed E-state index contributed by atoms with van der Waals surface area (Å²) < 4.78 is 23.1. The molecule has 0 saturated carbocycles. The van der Waals surface area contributed by atoms with Crippen LogP contribution in [0.1, 0.15) is 69.6 Å². The quantitative estimate of drug-likeness (QED) is 0.536. The molecular formula is C29H33NO6. The Morgan fingerprint density at radius 3 is 2.72 bits per heavy atom. The van der Waals surface area contributed by atoms with Crippen molar-refractivity contribution in [1.82, 2.24) is 5.32 Å². The zero-order valence-corrected chi connectivity index (χ0v) is 21.0. The number of para-hydroxylation sites is 1. The molecule has 0 amide bonds. The van der Waals surface area contributed by atoms with Gasteiger partial charge in [0.25, 0.3) is 0 Å². The lowest BCUT2D eigenvalue weighted by Crippen LogP contribution is -2.36. The highest BCUT2D eigenvalue weighted by Gasteiger charge is 2.43. The SMILES string of the molecule is CC1=C(C(=O)OC[C@@H]2CCCO2)[C@H](c2ccccc2OC(C)C)C2=C(C[C@@H](c3ccco3)CC2=O)N1. The number of hydrogen-bond acceptors (Lipinski definition) is 7. The van der Waals surface area contributed by atoms with Gasteiger partial charge in [-0.05, 0) is 58.2 Å². The number of benzene rings is 1. The van der Waals surface area contributed by atoms with Crippen molar-refractivity contribution in [3.05, 3.63) is 76.5 Å². The Morgan fingerprint density at radius 2 is 2.00 bits per heavy atom. The van der Waals surface area contributed by atoms with Gasteiger partial charge in [-0.25, -0.2) is 4.79 Å². The van der Waals surface area contributed by atoms with Gasteiger partial charge >= 0.3 is 5.97 Å². The number of esters is 1. The van der Waals surface area contributed by atoms with E-state index in [0.29, 0.717) is 42.0 Å². The Balaban J connectivity index is 1.55. The highest BCUT2D eigenvalue weighted by Crippen LogP contribution is 2.47. The average Bonchev–Trinajstić information content (AvgIpc) is 3.56. The molecule has 0 bridgehead atoms. The lowest BCUT2D eigenvalue weighted by atomic mass is 9.72. The van der Waals surface area contributed by atoms with Gasteiger partial charge in [0, 0.05) is 41.5 Å². The van der Waals surface area contributed by atoms with Crippen LogP contribution in [0.25, 0.3) is 0 Å². The molecule has 190 valence electrons. The van der Waals surface area contributed by atoms with Crippen LogP contribution < -0.4 is 10.1 Å². The van der Waals surface area contributed by atoms with Gasteiger partial charge in [0.1, 0.15) is 18.1 Å². The third-order valence-electron chi connectivity index (χ3n) is 7.01. The van der Waals surface area contributed by atoms with Crippen LogP contribution in [0.4, 0.5) is 0 Å². The molecule has 1 aromatic carbocycles. The number of allylic oxidation sites excluding steroid dienone is 3. The third kappa shape index (κ3) is 4.85. The molecule has 3 atom stereocenters. The number of nitrogens with one attached hydrogen (secondary N) is 1. The summed E-state index contributed by atoms with van der Waals surface area (Å²) in [5.74, 6) is 0.365. The van der Waals surface area contributed by atoms with Gasteiger partial charge in [0.05, 0.1) is 30.0 Å². The summed E-state index contributed by atoms with van der Waals surface area (Å²) in [7, 11) is 0. The van der Waals surface area contributed by atoms with E-state index in [1.165, 1.54) is 0 Å². The van der Waals surface area contributed by atoms with E-state index in [-0.39, 0.29) is 30.5 Å². The molecular weight excluding hydrogens is 458 g/mol. The molecule has 0 spiro atoms. The van der Waals surface area contributed by atoms with Crippen molar-refractivity contribution in [1.29, 1.82) is 0 Å². The highest BCUT2D eigenvalue weighted by atomic mass is 16.6. The molecule has 36 heavy (non-hydrogen) atoms. The van der Waals surface area contributed by atoms with Crippen molar-refractivity contribution in [3.63, 3.8) is 0 Å². The van der Waals surface area contributed by atoms with Crippen LogP contribution in [-0.2, 0) is 19.1 Å². The standard InChI is InChI=1S/C29H33NO6/c1-17(2)36-25-10-5-4-9-21(25)27-26(29(32)35-16-20-8-6-12-33-20)18(3)30-22-14-19(15-23(31)28(22)27)24-11-7-13-34-24/h4-5,7,9-11,13,17,19-20,27,30H,6,8,12,14-16H2,1-3H3/t19-,20+,27+/m1/s1. The fourth-order valence-electron chi connectivity index (χ4n) is 5.45. The summed E-state index contributed by atoms with van der Waals surface area (Å²) in [5.41, 5.74) is 3.34. The fourth-order valence-corrected chi connectivity index (χ4v) is 5.45. The molecule has 0 radical (unpaired) electrons. The summed E-state index contributed by atoms with van der Waals surface area (Å²) in [5, 5.41) is 3.38. The normalized spacial score (nSPS) is 24.1. The van der Waals surface area contributed by atoms with Gasteiger partial charge in [0.2, 0.25) is 0 Å². The zero-order valence-electron chi connectivity index (χ0n) is 21.0. The number of carbonyl (C=O) groups excluding carboxylic acids is 2. The Hall–Kier alpha value is -3.32. The smallest absolute Gasteiger partial charge is 0.336 e. The van der Waals surface area contributed by atoms with E-state index >= 15 is 0 Å². The van der Waals surface area contributed by atoms with Crippen LogP contribution in [0.15, 0.2) is 69.6 Å². The number of carbonyl (C=O) groups is 2. The largest absolute Gasteiger partial charge is 0.491 e. The van der Waals surface area contributed by atoms with Crippen molar-refractivity contribution in [2.24, 2.45) is 0 Å². The maximum absolute atomic E-state index is 13.7. The predicted molar refractivity (Wildman–Crippen MR) is 133 cm³/mol. The first-order valence-corrected chi connectivity index (χ1v) is 12.7. The number of ether oxygens (including phenoxy) is 3. The molecule has 2 aliphatic heterocycles. The van der Waals surface area contributed by atoms with Crippen molar-refractivity contribution < 1.29 is 28.2 Å². The number of hydrogen-bond donors (Lipinski definition) is 1. The lowest BCUT2D eigenvalue weighted by molar-refractivity contribution is -0.142. The maximum atomic E-state index is 13.7. The van der Waals surface area contributed by atoms with E-state index in [4.69, 9.17) is 18.6 Å². The Labute approximate surface area is 211 Å². The van der Waals surface area contributed by atoms with Gasteiger partial charge in [-0.1, -0.05) is 18.2 Å². The molecule has 3 heterocycles. The number of dihydropyridines is 1. The first-order valence-electron chi connectivity index (χ1n) is 12.7. The minimum atomic E-state index is -0.585. The summed E-state index contributed by atoms with van der Waals surface area (Å²) in [6, 6.07) is 11.4. The third-order valence-corrected chi connectivity index (χ3v) is 7.01. The second-order valence-corrected chi connectivity index (χ2v) is 9.97. The highest BCUT2D eigenvalue weighted by molar-refractivity contribution is 6.04.